The maximum atomic E-state index is 8.66. The van der Waals surface area contributed by atoms with Gasteiger partial charge in [-0.25, -0.2) is 0 Å². The average Bonchev–Trinajstić information content (AvgIpc) is 2.62. The summed E-state index contributed by atoms with van der Waals surface area (Å²) in [6.45, 7) is 4.73. The first kappa shape index (κ1) is 19.5. The number of fused-ring (bicyclic) bond motifs is 1. The van der Waals surface area contributed by atoms with E-state index in [1.807, 2.05) is 0 Å². The van der Waals surface area contributed by atoms with Crippen LogP contribution >= 0.6 is 0 Å². The molecule has 25 heavy (non-hydrogen) atoms. The molecule has 1 aliphatic rings. The van der Waals surface area contributed by atoms with Crippen LogP contribution in [0.4, 0.5) is 0 Å². The van der Waals surface area contributed by atoms with E-state index in [-0.39, 0.29) is 0 Å². The standard InChI is InChI=1S/C17H25NO7/c19-18-14-15-1-2-16-17(13-15)25-12-10-23-8-6-21-4-3-20-5-7-22-9-11-24-16/h1-2,13-14,19H,3-12H2/b18-14-. The summed E-state index contributed by atoms with van der Waals surface area (Å²) >= 11 is 0. The Morgan fingerprint density at radius 2 is 1.16 bits per heavy atom. The fourth-order valence-electron chi connectivity index (χ4n) is 2.09. The lowest BCUT2D eigenvalue weighted by molar-refractivity contribution is -0.00841. The summed E-state index contributed by atoms with van der Waals surface area (Å²) in [6, 6.07) is 5.28. The van der Waals surface area contributed by atoms with Crippen molar-refractivity contribution in [3.05, 3.63) is 23.8 Å². The zero-order chi connectivity index (χ0) is 17.6. The molecule has 0 aliphatic carbocycles. The van der Waals surface area contributed by atoms with Crippen molar-refractivity contribution in [3.8, 4) is 11.5 Å². The van der Waals surface area contributed by atoms with Crippen LogP contribution in [0.5, 0.6) is 11.5 Å². The van der Waals surface area contributed by atoms with Crippen molar-refractivity contribution in [3.63, 3.8) is 0 Å². The van der Waals surface area contributed by atoms with E-state index in [4.69, 9.17) is 33.6 Å². The molecule has 0 bridgehead atoms. The number of ether oxygens (including phenoxy) is 6. The molecule has 1 heterocycles. The highest BCUT2D eigenvalue weighted by Gasteiger charge is 2.07. The molecule has 0 unspecified atom stereocenters. The number of hydrogen-bond acceptors (Lipinski definition) is 8. The Morgan fingerprint density at radius 3 is 1.68 bits per heavy atom. The molecular formula is C17H25NO7. The Morgan fingerprint density at radius 1 is 0.680 bits per heavy atom. The van der Waals surface area contributed by atoms with Crippen molar-refractivity contribution >= 4 is 6.21 Å². The van der Waals surface area contributed by atoms with Crippen LogP contribution in [0.25, 0.3) is 0 Å². The first-order valence-corrected chi connectivity index (χ1v) is 8.28. The lowest BCUT2D eigenvalue weighted by Crippen LogP contribution is -2.16. The Hall–Kier alpha value is -1.87. The number of nitrogens with zero attached hydrogens (tertiary/aromatic N) is 1. The van der Waals surface area contributed by atoms with Gasteiger partial charge < -0.3 is 33.6 Å². The van der Waals surface area contributed by atoms with Gasteiger partial charge in [-0.1, -0.05) is 5.16 Å². The second kappa shape index (κ2) is 12.5. The third-order valence-corrected chi connectivity index (χ3v) is 3.26. The van der Waals surface area contributed by atoms with E-state index < -0.39 is 0 Å². The van der Waals surface area contributed by atoms with E-state index in [9.17, 15) is 0 Å². The lowest BCUT2D eigenvalue weighted by atomic mass is 10.2. The minimum Gasteiger partial charge on any atom is -0.487 e. The number of benzene rings is 1. The lowest BCUT2D eigenvalue weighted by Gasteiger charge is -2.14. The molecule has 1 aromatic carbocycles. The summed E-state index contributed by atoms with van der Waals surface area (Å²) in [5.41, 5.74) is 0.703. The fraction of sp³-hybridized carbons (Fsp3) is 0.588. The maximum Gasteiger partial charge on any atom is 0.161 e. The molecule has 0 radical (unpaired) electrons. The van der Waals surface area contributed by atoms with Crippen LogP contribution in [0.2, 0.25) is 0 Å². The normalized spacial score (nSPS) is 19.2. The second-order valence-corrected chi connectivity index (χ2v) is 5.10. The molecule has 8 nitrogen and oxygen atoms in total. The van der Waals surface area contributed by atoms with Crippen molar-refractivity contribution in [1.29, 1.82) is 0 Å². The molecule has 1 N–H and O–H groups in total. The van der Waals surface area contributed by atoms with Crippen LogP contribution in [0.1, 0.15) is 5.56 Å². The minimum absolute atomic E-state index is 0.371. The third-order valence-electron chi connectivity index (χ3n) is 3.26. The van der Waals surface area contributed by atoms with Crippen molar-refractivity contribution < 1.29 is 33.6 Å². The SMILES string of the molecule is O/N=C\c1ccc2c(c1)OCCOCCOCCOCCOCCO2. The molecule has 1 aliphatic heterocycles. The van der Waals surface area contributed by atoms with Gasteiger partial charge in [0.15, 0.2) is 11.5 Å². The molecule has 0 aromatic heterocycles. The van der Waals surface area contributed by atoms with Gasteiger partial charge in [-0.15, -0.1) is 0 Å². The highest BCUT2D eigenvalue weighted by molar-refractivity contribution is 5.80. The zero-order valence-electron chi connectivity index (χ0n) is 14.2. The Bertz CT molecular complexity index is 510. The molecule has 0 fully saturated rings. The molecular weight excluding hydrogens is 330 g/mol. The summed E-state index contributed by atoms with van der Waals surface area (Å²) < 4.78 is 33.1. The molecule has 0 atom stereocenters. The van der Waals surface area contributed by atoms with Gasteiger partial charge in [-0.3, -0.25) is 0 Å². The number of hydrogen-bond donors (Lipinski definition) is 1. The Balaban J connectivity index is 1.92. The highest BCUT2D eigenvalue weighted by atomic mass is 16.6. The second-order valence-electron chi connectivity index (χ2n) is 5.10. The van der Waals surface area contributed by atoms with Gasteiger partial charge in [-0.2, -0.15) is 0 Å². The predicted octanol–water partition coefficient (Wildman–Crippen LogP) is 1.33. The summed E-state index contributed by atoms with van der Waals surface area (Å²) in [4.78, 5) is 0. The first-order valence-electron chi connectivity index (χ1n) is 8.28. The van der Waals surface area contributed by atoms with Crippen LogP contribution in [0.15, 0.2) is 23.4 Å². The predicted molar refractivity (Wildman–Crippen MR) is 90.1 cm³/mol. The molecule has 1 aromatic rings. The zero-order valence-corrected chi connectivity index (χ0v) is 14.2. The van der Waals surface area contributed by atoms with Crippen LogP contribution in [0.3, 0.4) is 0 Å². The van der Waals surface area contributed by atoms with E-state index in [0.717, 1.165) is 0 Å². The van der Waals surface area contributed by atoms with Gasteiger partial charge in [0.25, 0.3) is 0 Å². The molecule has 2 rings (SSSR count). The molecule has 0 spiro atoms. The van der Waals surface area contributed by atoms with E-state index in [1.165, 1.54) is 6.21 Å². The molecule has 0 saturated carbocycles. The van der Waals surface area contributed by atoms with Crippen LogP contribution in [0, 0.1) is 0 Å². The first-order chi connectivity index (χ1) is 12.4. The Kier molecular flexibility index (Phi) is 9.72. The summed E-state index contributed by atoms with van der Waals surface area (Å²) in [5.74, 6) is 1.15. The quantitative estimate of drug-likeness (QED) is 0.462. The molecule has 140 valence electrons. The summed E-state index contributed by atoms with van der Waals surface area (Å²) in [5, 5.41) is 11.7. The van der Waals surface area contributed by atoms with Crippen molar-refractivity contribution in [1.82, 2.24) is 0 Å². The average molecular weight is 355 g/mol. The van der Waals surface area contributed by atoms with Gasteiger partial charge in [-0.05, 0) is 18.2 Å². The van der Waals surface area contributed by atoms with E-state index in [2.05, 4.69) is 5.16 Å². The third kappa shape index (κ3) is 8.17. The van der Waals surface area contributed by atoms with Gasteiger partial charge in [0.05, 0.1) is 59.1 Å². The smallest absolute Gasteiger partial charge is 0.161 e. The van der Waals surface area contributed by atoms with Gasteiger partial charge >= 0.3 is 0 Å². The highest BCUT2D eigenvalue weighted by Crippen LogP contribution is 2.28. The molecule has 0 saturated heterocycles. The minimum atomic E-state index is 0.371. The molecule has 8 heteroatoms. The summed E-state index contributed by atoms with van der Waals surface area (Å²) in [7, 11) is 0. The van der Waals surface area contributed by atoms with Crippen molar-refractivity contribution in [2.75, 3.05) is 66.1 Å². The van der Waals surface area contributed by atoms with Crippen LogP contribution < -0.4 is 9.47 Å². The monoisotopic (exact) mass is 355 g/mol. The molecule has 0 amide bonds. The Labute approximate surface area is 147 Å². The van der Waals surface area contributed by atoms with Gasteiger partial charge in [0.1, 0.15) is 13.2 Å². The van der Waals surface area contributed by atoms with Crippen molar-refractivity contribution in [2.24, 2.45) is 5.16 Å². The van der Waals surface area contributed by atoms with Gasteiger partial charge in [0.2, 0.25) is 0 Å². The van der Waals surface area contributed by atoms with Gasteiger partial charge in [0, 0.05) is 5.56 Å². The van der Waals surface area contributed by atoms with E-state index in [1.54, 1.807) is 18.2 Å². The van der Waals surface area contributed by atoms with Crippen LogP contribution in [-0.2, 0) is 18.9 Å². The van der Waals surface area contributed by atoms with E-state index in [0.29, 0.717) is 83.1 Å². The summed E-state index contributed by atoms with van der Waals surface area (Å²) in [6.07, 6.45) is 1.33. The maximum absolute atomic E-state index is 8.66. The van der Waals surface area contributed by atoms with Crippen molar-refractivity contribution in [2.45, 2.75) is 0 Å². The van der Waals surface area contributed by atoms with E-state index >= 15 is 0 Å². The van der Waals surface area contributed by atoms with Crippen LogP contribution in [-0.4, -0.2) is 77.5 Å². The fourth-order valence-corrected chi connectivity index (χ4v) is 2.09. The topological polar surface area (TPSA) is 88.0 Å². The number of oxime groups is 1. The number of rotatable bonds is 1. The largest absolute Gasteiger partial charge is 0.487 e.